The lowest BCUT2D eigenvalue weighted by molar-refractivity contribution is -0.137. The van der Waals surface area contributed by atoms with Gasteiger partial charge in [-0.2, -0.15) is 0 Å². The molecule has 1 atom stereocenters. The zero-order valence-corrected chi connectivity index (χ0v) is 10.8. The Labute approximate surface area is 112 Å². The number of rotatable bonds is 5. The lowest BCUT2D eigenvalue weighted by Crippen LogP contribution is -2.36. The van der Waals surface area contributed by atoms with E-state index in [1.54, 1.807) is 0 Å². The topological polar surface area (TPSA) is 66.4 Å². The van der Waals surface area contributed by atoms with Crippen LogP contribution in [0.2, 0.25) is 0 Å². The molecule has 0 heterocycles. The van der Waals surface area contributed by atoms with Gasteiger partial charge in [-0.3, -0.25) is 9.59 Å². The minimum Gasteiger partial charge on any atom is -0.481 e. The van der Waals surface area contributed by atoms with E-state index in [1.165, 1.54) is 0 Å². The molecule has 4 nitrogen and oxygen atoms in total. The Bertz CT molecular complexity index is 485. The average Bonchev–Trinajstić information content (AvgIpc) is 2.36. The molecule has 0 aromatic heterocycles. The normalized spacial score (nSPS) is 11.0. The maximum Gasteiger partial charge on any atom is 0.306 e. The van der Waals surface area contributed by atoms with Crippen LogP contribution in [0, 0.1) is 11.8 Å². The molecule has 1 amide bonds. The molecule has 0 radical (unpaired) electrons. The van der Waals surface area contributed by atoms with Gasteiger partial charge in [-0.25, -0.2) is 0 Å². The van der Waals surface area contributed by atoms with E-state index in [-0.39, 0.29) is 18.7 Å². The fourth-order valence-electron chi connectivity index (χ4n) is 1.56. The fourth-order valence-corrected chi connectivity index (χ4v) is 1.56. The zero-order chi connectivity index (χ0) is 14.1. The van der Waals surface area contributed by atoms with E-state index in [0.29, 0.717) is 6.42 Å². The third-order valence-electron chi connectivity index (χ3n) is 2.37. The summed E-state index contributed by atoms with van der Waals surface area (Å²) in [5.41, 5.74) is 0.887. The maximum absolute atomic E-state index is 11.8. The molecule has 0 fully saturated rings. The van der Waals surface area contributed by atoms with Crippen molar-refractivity contribution in [3.05, 3.63) is 35.9 Å². The smallest absolute Gasteiger partial charge is 0.306 e. The second kappa shape index (κ2) is 7.93. The molecule has 0 aliphatic heterocycles. The molecule has 1 aromatic rings. The average molecular weight is 259 g/mol. The van der Waals surface area contributed by atoms with Crippen molar-refractivity contribution in [1.82, 2.24) is 5.32 Å². The summed E-state index contributed by atoms with van der Waals surface area (Å²) in [6.07, 6.45) is 0.670. The van der Waals surface area contributed by atoms with Crippen molar-refractivity contribution < 1.29 is 14.7 Å². The van der Waals surface area contributed by atoms with Crippen molar-refractivity contribution in [1.29, 1.82) is 0 Å². The lowest BCUT2D eigenvalue weighted by Gasteiger charge is -2.11. The van der Waals surface area contributed by atoms with Gasteiger partial charge in [0, 0.05) is 6.42 Å². The first kappa shape index (κ1) is 14.8. The van der Waals surface area contributed by atoms with E-state index in [0.717, 1.165) is 5.56 Å². The van der Waals surface area contributed by atoms with Crippen molar-refractivity contribution in [2.24, 2.45) is 0 Å². The SMILES string of the molecule is CCC#CC(CC(=O)O)NC(=O)Cc1ccccc1. The van der Waals surface area contributed by atoms with Gasteiger partial charge in [0.15, 0.2) is 0 Å². The molecule has 4 heteroatoms. The minimum absolute atomic E-state index is 0.187. The Morgan fingerprint density at radius 3 is 2.58 bits per heavy atom. The van der Waals surface area contributed by atoms with Gasteiger partial charge in [0.2, 0.25) is 5.91 Å². The van der Waals surface area contributed by atoms with Gasteiger partial charge in [0.25, 0.3) is 0 Å². The monoisotopic (exact) mass is 259 g/mol. The van der Waals surface area contributed by atoms with E-state index in [1.807, 2.05) is 37.3 Å². The molecular formula is C15H17NO3. The number of benzene rings is 1. The first-order chi connectivity index (χ1) is 9.11. The number of carbonyl (C=O) groups excluding carboxylic acids is 1. The summed E-state index contributed by atoms with van der Waals surface area (Å²) in [5, 5.41) is 11.4. The number of hydrogen-bond donors (Lipinski definition) is 2. The van der Waals surface area contributed by atoms with Gasteiger partial charge in [-0.05, 0) is 5.56 Å². The summed E-state index contributed by atoms with van der Waals surface area (Å²) < 4.78 is 0. The van der Waals surface area contributed by atoms with Crippen LogP contribution in [0.4, 0.5) is 0 Å². The summed E-state index contributed by atoms with van der Waals surface area (Å²) in [5.74, 6) is 4.35. The number of hydrogen-bond acceptors (Lipinski definition) is 2. The van der Waals surface area contributed by atoms with Crippen LogP contribution in [0.5, 0.6) is 0 Å². The highest BCUT2D eigenvalue weighted by atomic mass is 16.4. The fraction of sp³-hybridized carbons (Fsp3) is 0.333. The van der Waals surface area contributed by atoms with Crippen LogP contribution in [0.1, 0.15) is 25.3 Å². The van der Waals surface area contributed by atoms with Gasteiger partial charge >= 0.3 is 5.97 Å². The van der Waals surface area contributed by atoms with Crippen molar-refractivity contribution in [3.63, 3.8) is 0 Å². The van der Waals surface area contributed by atoms with E-state index < -0.39 is 12.0 Å². The second-order valence-corrected chi connectivity index (χ2v) is 4.06. The highest BCUT2D eigenvalue weighted by Crippen LogP contribution is 2.00. The van der Waals surface area contributed by atoms with E-state index in [2.05, 4.69) is 17.2 Å². The molecule has 1 rings (SSSR count). The molecule has 2 N–H and O–H groups in total. The van der Waals surface area contributed by atoms with Gasteiger partial charge in [-0.1, -0.05) is 43.2 Å². The summed E-state index contributed by atoms with van der Waals surface area (Å²) >= 11 is 0. The van der Waals surface area contributed by atoms with Crippen LogP contribution in [0.15, 0.2) is 30.3 Å². The third kappa shape index (κ3) is 6.27. The highest BCUT2D eigenvalue weighted by Gasteiger charge is 2.13. The number of aliphatic carboxylic acids is 1. The Balaban J connectivity index is 2.58. The van der Waals surface area contributed by atoms with Crippen LogP contribution in [-0.4, -0.2) is 23.0 Å². The van der Waals surface area contributed by atoms with Gasteiger partial charge < -0.3 is 10.4 Å². The van der Waals surface area contributed by atoms with Crippen molar-refractivity contribution >= 4 is 11.9 Å². The molecule has 0 aliphatic rings. The van der Waals surface area contributed by atoms with E-state index in [9.17, 15) is 9.59 Å². The van der Waals surface area contributed by atoms with Crippen molar-refractivity contribution in [2.45, 2.75) is 32.2 Å². The maximum atomic E-state index is 11.8. The van der Waals surface area contributed by atoms with E-state index in [4.69, 9.17) is 5.11 Å². The standard InChI is InChI=1S/C15H17NO3/c1-2-3-9-13(11-15(18)19)16-14(17)10-12-7-5-4-6-8-12/h4-8,13H,2,10-11H2,1H3,(H,16,17)(H,18,19). The quantitative estimate of drug-likeness (QED) is 0.789. The summed E-state index contributed by atoms with van der Waals surface area (Å²) in [7, 11) is 0. The first-order valence-corrected chi connectivity index (χ1v) is 6.15. The molecule has 0 saturated carbocycles. The number of carboxylic acids is 1. The van der Waals surface area contributed by atoms with Gasteiger partial charge in [-0.15, -0.1) is 5.92 Å². The molecule has 0 bridgehead atoms. The zero-order valence-electron chi connectivity index (χ0n) is 10.8. The summed E-state index contributed by atoms with van der Waals surface area (Å²) in [6, 6.07) is 8.66. The lowest BCUT2D eigenvalue weighted by atomic mass is 10.1. The van der Waals surface area contributed by atoms with Crippen LogP contribution in [-0.2, 0) is 16.0 Å². The Kier molecular flexibility index (Phi) is 6.17. The van der Waals surface area contributed by atoms with E-state index >= 15 is 0 Å². The summed E-state index contributed by atoms with van der Waals surface area (Å²) in [6.45, 7) is 1.87. The van der Waals surface area contributed by atoms with Gasteiger partial charge in [0.1, 0.15) is 6.04 Å². The number of carbonyl (C=O) groups is 2. The van der Waals surface area contributed by atoms with Crippen molar-refractivity contribution in [3.8, 4) is 11.8 Å². The predicted octanol–water partition coefficient (Wildman–Crippen LogP) is 1.60. The molecule has 0 aliphatic carbocycles. The van der Waals surface area contributed by atoms with Gasteiger partial charge in [0.05, 0.1) is 12.8 Å². The molecule has 0 spiro atoms. The largest absolute Gasteiger partial charge is 0.481 e. The minimum atomic E-state index is -0.976. The third-order valence-corrected chi connectivity index (χ3v) is 2.37. The van der Waals surface area contributed by atoms with Crippen molar-refractivity contribution in [2.75, 3.05) is 0 Å². The predicted molar refractivity (Wildman–Crippen MR) is 72.4 cm³/mol. The molecule has 19 heavy (non-hydrogen) atoms. The second-order valence-electron chi connectivity index (χ2n) is 4.06. The number of carboxylic acid groups (broad SMARTS) is 1. The number of nitrogens with one attached hydrogen (secondary N) is 1. The summed E-state index contributed by atoms with van der Waals surface area (Å²) in [4.78, 5) is 22.5. The number of amides is 1. The van der Waals surface area contributed by atoms with Crippen LogP contribution < -0.4 is 5.32 Å². The Morgan fingerprint density at radius 2 is 2.00 bits per heavy atom. The highest BCUT2D eigenvalue weighted by molar-refractivity contribution is 5.80. The molecule has 100 valence electrons. The Hall–Kier alpha value is -2.28. The first-order valence-electron chi connectivity index (χ1n) is 6.15. The Morgan fingerprint density at radius 1 is 1.32 bits per heavy atom. The molecular weight excluding hydrogens is 242 g/mol. The molecule has 0 saturated heterocycles. The molecule has 1 unspecified atom stereocenters. The van der Waals surface area contributed by atoms with Crippen LogP contribution in [0.3, 0.4) is 0 Å². The molecule has 1 aromatic carbocycles. The van der Waals surface area contributed by atoms with Crippen LogP contribution in [0.25, 0.3) is 0 Å². The van der Waals surface area contributed by atoms with Crippen LogP contribution >= 0.6 is 0 Å².